The van der Waals surface area contributed by atoms with E-state index in [0.717, 1.165) is 12.8 Å². The summed E-state index contributed by atoms with van der Waals surface area (Å²) in [4.78, 5) is 41.1. The van der Waals surface area contributed by atoms with Gasteiger partial charge in [0.05, 0.1) is 18.7 Å². The Hall–Kier alpha value is -1.89. The molecule has 34 heavy (non-hydrogen) atoms. The minimum atomic E-state index is -0.614. The number of rotatable bonds is 9. The predicted molar refractivity (Wildman–Crippen MR) is 131 cm³/mol. The molecule has 1 saturated carbocycles. The molecule has 0 aromatic rings. The van der Waals surface area contributed by atoms with Crippen LogP contribution in [-0.2, 0) is 23.9 Å². The van der Waals surface area contributed by atoms with Gasteiger partial charge in [0.1, 0.15) is 17.7 Å². The van der Waals surface area contributed by atoms with Crippen LogP contribution in [0.5, 0.6) is 0 Å². The van der Waals surface area contributed by atoms with E-state index < -0.39 is 23.7 Å². The minimum Gasteiger partial charge on any atom is -0.465 e. The molecule has 0 unspecified atom stereocenters. The normalized spacial score (nSPS) is 26.7. The first-order chi connectivity index (χ1) is 16.1. The molecule has 0 spiro atoms. The zero-order chi connectivity index (χ0) is 24.9. The fourth-order valence-corrected chi connectivity index (χ4v) is 5.72. The lowest BCUT2D eigenvalue weighted by molar-refractivity contribution is -0.164. The van der Waals surface area contributed by atoms with Crippen molar-refractivity contribution in [1.82, 2.24) is 10.2 Å². The lowest BCUT2D eigenvalue weighted by Crippen LogP contribution is -2.55. The van der Waals surface area contributed by atoms with Crippen molar-refractivity contribution >= 4 is 17.8 Å². The summed E-state index contributed by atoms with van der Waals surface area (Å²) in [6, 6.07) is -1.84. The fourth-order valence-electron chi connectivity index (χ4n) is 5.72. The second-order valence-corrected chi connectivity index (χ2v) is 11.2. The van der Waals surface area contributed by atoms with Crippen LogP contribution in [0.2, 0.25) is 0 Å². The van der Waals surface area contributed by atoms with Gasteiger partial charge in [-0.15, -0.1) is 0 Å². The highest BCUT2D eigenvalue weighted by molar-refractivity contribution is 5.89. The van der Waals surface area contributed by atoms with Crippen LogP contribution in [-0.4, -0.2) is 59.1 Å². The van der Waals surface area contributed by atoms with Gasteiger partial charge in [-0.1, -0.05) is 44.3 Å². The maximum Gasteiger partial charge on any atom is 0.329 e. The van der Waals surface area contributed by atoms with Gasteiger partial charge in [-0.3, -0.25) is 14.9 Å². The number of nitrogens with one attached hydrogen (secondary N) is 1. The summed E-state index contributed by atoms with van der Waals surface area (Å²) in [5.74, 6) is 0.0532. The smallest absolute Gasteiger partial charge is 0.329 e. The number of amides is 1. The first-order valence-electron chi connectivity index (χ1n) is 13.2. The van der Waals surface area contributed by atoms with Crippen molar-refractivity contribution in [3.63, 3.8) is 0 Å². The molecule has 3 rings (SSSR count). The minimum absolute atomic E-state index is 0.0995. The Morgan fingerprint density at radius 2 is 1.85 bits per heavy atom. The number of fused-ring (bicyclic) bond motifs is 1. The van der Waals surface area contributed by atoms with Crippen molar-refractivity contribution < 1.29 is 23.9 Å². The molecule has 2 fully saturated rings. The number of carbonyl (C=O) groups excluding carboxylic acids is 3. The molecule has 1 heterocycles. The van der Waals surface area contributed by atoms with Gasteiger partial charge in [0, 0.05) is 0 Å². The summed E-state index contributed by atoms with van der Waals surface area (Å²) in [5, 5.41) is 3.26. The summed E-state index contributed by atoms with van der Waals surface area (Å²) < 4.78 is 11.0. The number of carbonyl (C=O) groups is 3. The molecule has 192 valence electrons. The average molecular weight is 477 g/mol. The Bertz CT molecular complexity index is 753. The number of esters is 2. The van der Waals surface area contributed by atoms with E-state index in [1.54, 1.807) is 18.7 Å². The predicted octanol–water partition coefficient (Wildman–Crippen LogP) is 4.14. The van der Waals surface area contributed by atoms with Crippen LogP contribution in [0.3, 0.4) is 0 Å². The first-order valence-corrected chi connectivity index (χ1v) is 13.2. The summed E-state index contributed by atoms with van der Waals surface area (Å²) >= 11 is 0. The van der Waals surface area contributed by atoms with E-state index >= 15 is 0 Å². The number of nitrogens with zero attached hydrogens (tertiary/aromatic N) is 1. The van der Waals surface area contributed by atoms with Crippen molar-refractivity contribution in [2.45, 2.75) is 122 Å². The summed E-state index contributed by atoms with van der Waals surface area (Å²) in [6.45, 7) is 9.41. The molecular formula is C27H44N2O5. The monoisotopic (exact) mass is 476 g/mol. The molecule has 0 radical (unpaired) electrons. The van der Waals surface area contributed by atoms with Gasteiger partial charge in [0.2, 0.25) is 5.91 Å². The fraction of sp³-hybridized carbons (Fsp3) is 0.815. The van der Waals surface area contributed by atoms with Crippen LogP contribution in [0.1, 0.15) is 92.4 Å². The van der Waals surface area contributed by atoms with Gasteiger partial charge < -0.3 is 14.4 Å². The van der Waals surface area contributed by atoms with E-state index in [2.05, 4.69) is 11.4 Å². The van der Waals surface area contributed by atoms with Gasteiger partial charge >= 0.3 is 11.9 Å². The number of hydrogen-bond donors (Lipinski definition) is 1. The second-order valence-electron chi connectivity index (χ2n) is 11.2. The molecular weight excluding hydrogens is 432 g/mol. The van der Waals surface area contributed by atoms with E-state index in [0.29, 0.717) is 25.4 Å². The molecule has 1 N–H and O–H groups in total. The molecule has 0 aromatic carbocycles. The van der Waals surface area contributed by atoms with Crippen molar-refractivity contribution in [3.05, 3.63) is 12.2 Å². The van der Waals surface area contributed by atoms with E-state index in [-0.39, 0.29) is 29.8 Å². The van der Waals surface area contributed by atoms with E-state index in [9.17, 15) is 14.4 Å². The highest BCUT2D eigenvalue weighted by Gasteiger charge is 2.49. The van der Waals surface area contributed by atoms with Crippen LogP contribution >= 0.6 is 0 Å². The second kappa shape index (κ2) is 11.7. The first kappa shape index (κ1) is 26.7. The van der Waals surface area contributed by atoms with Gasteiger partial charge in [-0.2, -0.15) is 0 Å². The van der Waals surface area contributed by atoms with Crippen LogP contribution in [0.15, 0.2) is 12.2 Å². The molecule has 0 aromatic heterocycles. The van der Waals surface area contributed by atoms with E-state index in [1.807, 2.05) is 26.8 Å². The zero-order valence-corrected chi connectivity index (χ0v) is 21.7. The van der Waals surface area contributed by atoms with Gasteiger partial charge in [-0.05, 0) is 72.1 Å². The van der Waals surface area contributed by atoms with Crippen LogP contribution in [0.25, 0.3) is 0 Å². The van der Waals surface area contributed by atoms with E-state index in [1.165, 1.54) is 32.1 Å². The maximum absolute atomic E-state index is 13.7. The largest absolute Gasteiger partial charge is 0.465 e. The molecule has 7 heteroatoms. The maximum atomic E-state index is 13.7. The molecule has 1 saturated heterocycles. The lowest BCUT2D eigenvalue weighted by atomic mass is 9.85. The van der Waals surface area contributed by atoms with E-state index in [4.69, 9.17) is 9.47 Å². The Balaban J connectivity index is 1.69. The number of ether oxygens (including phenoxy) is 2. The topological polar surface area (TPSA) is 84.9 Å². The Morgan fingerprint density at radius 1 is 1.15 bits per heavy atom. The standard InChI is InChI=1S/C27H44N2O5/c1-6-33-25(31)21(16-15-19-11-8-7-9-12-19)28-18(2)24(30)29-22-14-10-13-20(22)17-23(29)26(32)34-27(3,4)5/h10,14,18-23,28H,6-9,11-13,15-17H2,1-5H3/t18-,20+,21-,22-,23-/m0/s1. The number of hydrogen-bond acceptors (Lipinski definition) is 6. The molecule has 7 nitrogen and oxygen atoms in total. The third-order valence-electron chi connectivity index (χ3n) is 7.35. The Labute approximate surface area is 205 Å². The van der Waals surface area contributed by atoms with Crippen LogP contribution < -0.4 is 5.32 Å². The molecule has 1 aliphatic heterocycles. The zero-order valence-electron chi connectivity index (χ0n) is 21.7. The van der Waals surface area contributed by atoms with Crippen molar-refractivity contribution in [3.8, 4) is 0 Å². The average Bonchev–Trinajstić information content (AvgIpc) is 3.37. The molecule has 1 amide bonds. The third kappa shape index (κ3) is 6.83. The summed E-state index contributed by atoms with van der Waals surface area (Å²) in [7, 11) is 0. The van der Waals surface area contributed by atoms with Crippen molar-refractivity contribution in [2.75, 3.05) is 6.61 Å². The van der Waals surface area contributed by atoms with Gasteiger partial charge in [0.15, 0.2) is 0 Å². The summed E-state index contributed by atoms with van der Waals surface area (Å²) in [5.41, 5.74) is -0.614. The lowest BCUT2D eigenvalue weighted by Gasteiger charge is -2.33. The van der Waals surface area contributed by atoms with Crippen LogP contribution in [0.4, 0.5) is 0 Å². The SMILES string of the molecule is CCOC(=O)[C@H](CCC1CCCCC1)N[C@@H](C)C(=O)N1[C@H](C(=O)OC(C)(C)C)C[C@H]2CC=C[C@@H]21. The highest BCUT2D eigenvalue weighted by atomic mass is 16.6. The Kier molecular flexibility index (Phi) is 9.19. The molecule has 3 aliphatic rings. The number of allylic oxidation sites excluding steroid dienone is 1. The quantitative estimate of drug-likeness (QED) is 0.398. The number of likely N-dealkylation sites (tertiary alicyclic amines) is 1. The summed E-state index contributed by atoms with van der Waals surface area (Å²) in [6.07, 6.45) is 13.4. The molecule has 0 bridgehead atoms. The Morgan fingerprint density at radius 3 is 2.50 bits per heavy atom. The third-order valence-corrected chi connectivity index (χ3v) is 7.35. The van der Waals surface area contributed by atoms with Gasteiger partial charge in [0.25, 0.3) is 0 Å². The van der Waals surface area contributed by atoms with Crippen molar-refractivity contribution in [1.29, 1.82) is 0 Å². The molecule has 2 aliphatic carbocycles. The van der Waals surface area contributed by atoms with Gasteiger partial charge in [-0.25, -0.2) is 4.79 Å². The highest BCUT2D eigenvalue weighted by Crippen LogP contribution is 2.38. The van der Waals surface area contributed by atoms with Crippen LogP contribution in [0, 0.1) is 11.8 Å². The molecule has 5 atom stereocenters. The van der Waals surface area contributed by atoms with Crippen molar-refractivity contribution in [2.24, 2.45) is 11.8 Å².